The van der Waals surface area contributed by atoms with E-state index in [0.29, 0.717) is 45.5 Å². The highest BCUT2D eigenvalue weighted by atomic mass is 32.1. The first-order valence-electron chi connectivity index (χ1n) is 18.7. The van der Waals surface area contributed by atoms with E-state index in [2.05, 4.69) is 27.5 Å². The van der Waals surface area contributed by atoms with Crippen LogP contribution in [0.25, 0.3) is 32.6 Å². The SMILES string of the molecule is CCCCC(C)(C)OC(=O)Nc1cccc(OCc2cccc(-c3ccc(-c4ccc5c(c4)N(C(=O)Nc4nc6ccccc6s4)CCC5)nc3C(=O)O)c2)c1. The Morgan fingerprint density at radius 1 is 0.893 bits per heavy atom. The van der Waals surface area contributed by atoms with Crippen molar-refractivity contribution in [3.63, 3.8) is 0 Å². The van der Waals surface area contributed by atoms with Gasteiger partial charge in [-0.05, 0) is 105 Å². The van der Waals surface area contributed by atoms with Gasteiger partial charge in [-0.25, -0.2) is 24.4 Å². The number of nitrogens with one attached hydrogen (secondary N) is 2. The van der Waals surface area contributed by atoms with E-state index in [1.807, 2.05) is 80.6 Å². The molecule has 3 amide bonds. The summed E-state index contributed by atoms with van der Waals surface area (Å²) in [6.45, 7) is 6.64. The van der Waals surface area contributed by atoms with Gasteiger partial charge in [0.1, 0.15) is 18.0 Å². The number of fused-ring (bicyclic) bond motifs is 2. The summed E-state index contributed by atoms with van der Waals surface area (Å²) in [6, 6.07) is 31.4. The van der Waals surface area contributed by atoms with Crippen LogP contribution in [0, 0.1) is 0 Å². The van der Waals surface area contributed by atoms with Gasteiger partial charge >= 0.3 is 18.1 Å². The quantitative estimate of drug-likeness (QED) is 0.112. The number of aromatic nitrogens is 2. The molecule has 0 radical (unpaired) electrons. The number of carbonyl (C=O) groups is 3. The second kappa shape index (κ2) is 16.6. The standard InChI is InChI=1S/C44H43N5O6S/c1-4-5-22-44(2,3)55-43(53)45-32-14-9-15-33(26-32)54-27-28-11-8-12-30(24-28)34-20-21-35(46-39(34)40(50)51)31-19-18-29-13-10-23-49(37(29)25-31)42(52)48-41-47-36-16-6-7-17-38(36)56-41/h6-9,11-12,14-21,24-26H,4-5,10,13,22-23,27H2,1-3H3,(H,45,53)(H,50,51)(H,47,48,52). The second-order valence-electron chi connectivity index (χ2n) is 14.3. The van der Waals surface area contributed by atoms with Crippen LogP contribution in [0.2, 0.25) is 0 Å². The zero-order valence-corrected chi connectivity index (χ0v) is 32.3. The molecule has 7 rings (SSSR count). The van der Waals surface area contributed by atoms with Crippen molar-refractivity contribution >= 4 is 56.2 Å². The van der Waals surface area contributed by atoms with E-state index >= 15 is 0 Å². The molecule has 0 aliphatic carbocycles. The number of carbonyl (C=O) groups excluding carboxylic acids is 2. The number of carboxylic acids is 1. The number of anilines is 3. The van der Waals surface area contributed by atoms with Gasteiger partial charge in [-0.2, -0.15) is 0 Å². The molecule has 0 spiro atoms. The average Bonchev–Trinajstić information content (AvgIpc) is 3.61. The first-order chi connectivity index (χ1) is 27.0. The lowest BCUT2D eigenvalue weighted by atomic mass is 9.97. The Hall–Kier alpha value is -6.27. The van der Waals surface area contributed by atoms with Crippen molar-refractivity contribution in [2.45, 2.75) is 65.1 Å². The fourth-order valence-corrected chi connectivity index (χ4v) is 7.61. The van der Waals surface area contributed by atoms with Crippen molar-refractivity contribution in [2.75, 3.05) is 22.1 Å². The minimum Gasteiger partial charge on any atom is -0.489 e. The highest BCUT2D eigenvalue weighted by Crippen LogP contribution is 2.35. The number of urea groups is 1. The first kappa shape index (κ1) is 38.0. The van der Waals surface area contributed by atoms with E-state index in [4.69, 9.17) is 9.47 Å². The molecule has 6 aromatic rings. The fraction of sp³-hybridized carbons (Fsp3) is 0.250. The number of nitrogens with zero attached hydrogens (tertiary/aromatic N) is 3. The molecule has 3 heterocycles. The van der Waals surface area contributed by atoms with Crippen LogP contribution in [0.4, 0.5) is 26.1 Å². The number of pyridine rings is 1. The Kier molecular flexibility index (Phi) is 11.3. The number of unbranched alkanes of at least 4 members (excludes halogenated alkanes) is 1. The Bertz CT molecular complexity index is 2380. The van der Waals surface area contributed by atoms with Crippen LogP contribution < -0.4 is 20.3 Å². The van der Waals surface area contributed by atoms with Crippen LogP contribution in [0.3, 0.4) is 0 Å². The predicted octanol–water partition coefficient (Wildman–Crippen LogP) is 10.8. The minimum atomic E-state index is -1.16. The molecule has 56 heavy (non-hydrogen) atoms. The van der Waals surface area contributed by atoms with Crippen LogP contribution in [-0.4, -0.2) is 45.3 Å². The maximum Gasteiger partial charge on any atom is 0.412 e. The zero-order chi connectivity index (χ0) is 39.2. The number of rotatable bonds is 12. The third-order valence-corrected chi connectivity index (χ3v) is 10.5. The van der Waals surface area contributed by atoms with Crippen LogP contribution in [-0.2, 0) is 17.8 Å². The average molecular weight is 770 g/mol. The van der Waals surface area contributed by atoms with E-state index in [1.165, 1.54) is 11.3 Å². The molecule has 12 heteroatoms. The van der Waals surface area contributed by atoms with Crippen LogP contribution >= 0.6 is 11.3 Å². The van der Waals surface area contributed by atoms with Gasteiger partial charge in [0, 0.05) is 35.1 Å². The largest absolute Gasteiger partial charge is 0.489 e. The minimum absolute atomic E-state index is 0.0905. The maximum absolute atomic E-state index is 13.5. The molecule has 0 bridgehead atoms. The molecule has 11 nitrogen and oxygen atoms in total. The van der Waals surface area contributed by atoms with Gasteiger partial charge in [0.15, 0.2) is 10.8 Å². The molecular weight excluding hydrogens is 727 g/mol. The predicted molar refractivity (Wildman–Crippen MR) is 221 cm³/mol. The number of aromatic carboxylic acids is 1. The molecule has 0 unspecified atom stereocenters. The van der Waals surface area contributed by atoms with Crippen molar-refractivity contribution in [1.29, 1.82) is 0 Å². The third kappa shape index (κ3) is 8.98. The molecular formula is C44H43N5O6S. The maximum atomic E-state index is 13.5. The summed E-state index contributed by atoms with van der Waals surface area (Å²) in [6.07, 6.45) is 3.87. The number of ether oxygens (including phenoxy) is 2. The Morgan fingerprint density at radius 2 is 1.73 bits per heavy atom. The third-order valence-electron chi connectivity index (χ3n) is 9.58. The van der Waals surface area contributed by atoms with Gasteiger partial charge in [0.05, 0.1) is 15.9 Å². The molecule has 0 saturated heterocycles. The number of hydrogen-bond acceptors (Lipinski definition) is 8. The number of carboxylic acid groups (broad SMARTS) is 1. The van der Waals surface area contributed by atoms with Gasteiger partial charge in [-0.1, -0.05) is 73.2 Å². The van der Waals surface area contributed by atoms with E-state index in [0.717, 1.165) is 59.1 Å². The van der Waals surface area contributed by atoms with Gasteiger partial charge in [-0.3, -0.25) is 15.5 Å². The number of benzene rings is 4. The number of thiazole rings is 1. The van der Waals surface area contributed by atoms with Crippen molar-refractivity contribution in [3.8, 4) is 28.1 Å². The van der Waals surface area contributed by atoms with Gasteiger partial charge < -0.3 is 14.6 Å². The molecule has 0 fully saturated rings. The van der Waals surface area contributed by atoms with E-state index in [1.54, 1.807) is 41.3 Å². The number of aryl methyl sites for hydroxylation is 1. The summed E-state index contributed by atoms with van der Waals surface area (Å²) in [5.74, 6) is -0.608. The monoisotopic (exact) mass is 769 g/mol. The number of amides is 3. The summed E-state index contributed by atoms with van der Waals surface area (Å²) >= 11 is 1.42. The molecule has 286 valence electrons. The van der Waals surface area contributed by atoms with Gasteiger partial charge in [0.2, 0.25) is 0 Å². The smallest absolute Gasteiger partial charge is 0.412 e. The molecule has 4 aromatic carbocycles. The summed E-state index contributed by atoms with van der Waals surface area (Å²) in [4.78, 5) is 49.6. The molecule has 1 aliphatic heterocycles. The molecule has 2 aromatic heterocycles. The second-order valence-corrected chi connectivity index (χ2v) is 15.3. The van der Waals surface area contributed by atoms with Gasteiger partial charge in [-0.15, -0.1) is 0 Å². The van der Waals surface area contributed by atoms with E-state index < -0.39 is 17.7 Å². The Balaban J connectivity index is 1.05. The van der Waals surface area contributed by atoms with Crippen molar-refractivity contribution < 1.29 is 29.0 Å². The Morgan fingerprint density at radius 3 is 2.55 bits per heavy atom. The van der Waals surface area contributed by atoms with Crippen molar-refractivity contribution in [2.24, 2.45) is 0 Å². The molecule has 1 aliphatic rings. The Labute approximate surface area is 329 Å². The van der Waals surface area contributed by atoms with Crippen LogP contribution in [0.5, 0.6) is 5.75 Å². The highest BCUT2D eigenvalue weighted by molar-refractivity contribution is 7.22. The van der Waals surface area contributed by atoms with E-state index in [9.17, 15) is 19.5 Å². The zero-order valence-electron chi connectivity index (χ0n) is 31.5. The van der Waals surface area contributed by atoms with Crippen LogP contribution in [0.15, 0.2) is 103 Å². The van der Waals surface area contributed by atoms with E-state index in [-0.39, 0.29) is 18.3 Å². The molecule has 3 N–H and O–H groups in total. The summed E-state index contributed by atoms with van der Waals surface area (Å²) < 4.78 is 12.7. The first-order valence-corrected chi connectivity index (χ1v) is 19.5. The summed E-state index contributed by atoms with van der Waals surface area (Å²) in [7, 11) is 0. The lowest BCUT2D eigenvalue weighted by Gasteiger charge is -2.29. The summed E-state index contributed by atoms with van der Waals surface area (Å²) in [5, 5.41) is 16.6. The fourth-order valence-electron chi connectivity index (χ4n) is 6.75. The number of para-hydroxylation sites is 1. The van der Waals surface area contributed by atoms with Crippen LogP contribution in [0.1, 0.15) is 68.1 Å². The van der Waals surface area contributed by atoms with Crippen molar-refractivity contribution in [1.82, 2.24) is 9.97 Å². The summed E-state index contributed by atoms with van der Waals surface area (Å²) in [5.41, 5.74) is 5.63. The lowest BCUT2D eigenvalue weighted by Crippen LogP contribution is -2.38. The normalized spacial score (nSPS) is 12.5. The molecule has 0 atom stereocenters. The van der Waals surface area contributed by atoms with Gasteiger partial charge in [0.25, 0.3) is 0 Å². The molecule has 0 saturated carbocycles. The highest BCUT2D eigenvalue weighted by Gasteiger charge is 2.25. The number of hydrogen-bond donors (Lipinski definition) is 3. The lowest BCUT2D eigenvalue weighted by molar-refractivity contribution is 0.0407. The van der Waals surface area contributed by atoms with Crippen molar-refractivity contribution in [3.05, 3.63) is 120 Å². The topological polar surface area (TPSA) is 143 Å².